The molecule has 1 aromatic carbocycles. The summed E-state index contributed by atoms with van der Waals surface area (Å²) in [5, 5.41) is 12.7. The number of carbonyl (C=O) groups excluding carboxylic acids is 1. The maximum atomic E-state index is 11.9. The Hall–Kier alpha value is -3.49. The Balaban J connectivity index is 1.36. The fourth-order valence-corrected chi connectivity index (χ4v) is 2.56. The van der Waals surface area contributed by atoms with Gasteiger partial charge in [0.1, 0.15) is 11.4 Å². The number of methoxy groups -OCH3 is 1. The zero-order valence-electron chi connectivity index (χ0n) is 15.5. The van der Waals surface area contributed by atoms with E-state index in [-0.39, 0.29) is 17.2 Å². The molecule has 0 spiro atoms. The van der Waals surface area contributed by atoms with Gasteiger partial charge in [0.15, 0.2) is 0 Å². The summed E-state index contributed by atoms with van der Waals surface area (Å²) in [6.07, 6.45) is 3.27. The van der Waals surface area contributed by atoms with Crippen molar-refractivity contribution < 1.29 is 14.1 Å². The number of carbonyl (C=O) groups is 1. The van der Waals surface area contributed by atoms with Gasteiger partial charge in [-0.15, -0.1) is 0 Å². The number of hydrogen-bond acceptors (Lipinski definition) is 7. The summed E-state index contributed by atoms with van der Waals surface area (Å²) >= 11 is 0. The number of H-pyrrole nitrogens is 1. The van der Waals surface area contributed by atoms with Crippen molar-refractivity contribution in [1.29, 1.82) is 0 Å². The Bertz CT molecular complexity index is 944. The first-order valence-corrected chi connectivity index (χ1v) is 8.96. The zero-order valence-corrected chi connectivity index (χ0v) is 15.5. The van der Waals surface area contributed by atoms with Crippen LogP contribution in [-0.4, -0.2) is 39.9 Å². The Morgan fingerprint density at radius 2 is 1.96 bits per heavy atom. The van der Waals surface area contributed by atoms with Crippen molar-refractivity contribution >= 4 is 5.91 Å². The molecular formula is C19H21N5O4. The van der Waals surface area contributed by atoms with E-state index in [2.05, 4.69) is 25.7 Å². The molecule has 0 atom stereocenters. The van der Waals surface area contributed by atoms with Crippen LogP contribution in [0.15, 0.2) is 45.7 Å². The highest BCUT2D eigenvalue weighted by atomic mass is 16.5. The van der Waals surface area contributed by atoms with Crippen LogP contribution in [0.4, 0.5) is 0 Å². The molecule has 0 saturated carbocycles. The number of amides is 1. The molecule has 0 bridgehead atoms. The van der Waals surface area contributed by atoms with Crippen molar-refractivity contribution in [2.45, 2.75) is 25.7 Å². The maximum Gasteiger partial charge on any atom is 0.271 e. The zero-order chi connectivity index (χ0) is 19.8. The molecule has 2 N–H and O–H groups in total. The summed E-state index contributed by atoms with van der Waals surface area (Å²) in [5.74, 6) is 1.61. The van der Waals surface area contributed by atoms with E-state index < -0.39 is 0 Å². The van der Waals surface area contributed by atoms with E-state index in [1.165, 1.54) is 12.1 Å². The van der Waals surface area contributed by atoms with Crippen LogP contribution < -0.4 is 15.6 Å². The molecule has 2 aromatic heterocycles. The first-order valence-electron chi connectivity index (χ1n) is 8.96. The molecule has 0 fully saturated rings. The molecule has 0 aliphatic heterocycles. The van der Waals surface area contributed by atoms with Gasteiger partial charge in [-0.05, 0) is 43.2 Å². The van der Waals surface area contributed by atoms with Gasteiger partial charge >= 0.3 is 0 Å². The van der Waals surface area contributed by atoms with Crippen molar-refractivity contribution in [2.24, 2.45) is 0 Å². The number of aryl methyl sites for hydroxylation is 1. The number of nitrogens with zero attached hydrogens (tertiary/aromatic N) is 3. The van der Waals surface area contributed by atoms with Gasteiger partial charge in [0.25, 0.3) is 11.5 Å². The third-order valence-electron chi connectivity index (χ3n) is 4.08. The van der Waals surface area contributed by atoms with Gasteiger partial charge < -0.3 is 14.6 Å². The number of aromatic nitrogens is 4. The molecule has 2 heterocycles. The van der Waals surface area contributed by atoms with Crippen LogP contribution in [0.1, 0.15) is 35.6 Å². The lowest BCUT2D eigenvalue weighted by molar-refractivity contribution is 0.0947. The van der Waals surface area contributed by atoms with Crippen molar-refractivity contribution in [3.8, 4) is 17.1 Å². The lowest BCUT2D eigenvalue weighted by Gasteiger charge is -2.03. The molecule has 1 amide bonds. The molecule has 0 aliphatic rings. The average Bonchev–Trinajstić information content (AvgIpc) is 3.20. The molecule has 0 saturated heterocycles. The normalized spacial score (nSPS) is 10.6. The highest BCUT2D eigenvalue weighted by Gasteiger charge is 2.09. The second-order valence-electron chi connectivity index (χ2n) is 6.11. The molecule has 28 heavy (non-hydrogen) atoms. The van der Waals surface area contributed by atoms with Gasteiger partial charge in [0.05, 0.1) is 7.11 Å². The van der Waals surface area contributed by atoms with E-state index in [0.717, 1.165) is 30.6 Å². The molecule has 3 aromatic rings. The first kappa shape index (κ1) is 19.3. The summed E-state index contributed by atoms with van der Waals surface area (Å²) in [6, 6.07) is 10.1. The van der Waals surface area contributed by atoms with Gasteiger partial charge in [-0.3, -0.25) is 9.59 Å². The SMILES string of the molecule is COc1ccc(-c2noc(CCCCCNC(=O)c3ccc(=O)[nH]n3)n2)cc1. The van der Waals surface area contributed by atoms with Crippen LogP contribution in [0.3, 0.4) is 0 Å². The molecule has 3 rings (SSSR count). The second-order valence-corrected chi connectivity index (χ2v) is 6.11. The Morgan fingerprint density at radius 1 is 1.14 bits per heavy atom. The molecule has 9 heteroatoms. The lowest BCUT2D eigenvalue weighted by atomic mass is 10.2. The highest BCUT2D eigenvalue weighted by Crippen LogP contribution is 2.20. The third kappa shape index (κ3) is 5.26. The summed E-state index contributed by atoms with van der Waals surface area (Å²) < 4.78 is 10.4. The largest absolute Gasteiger partial charge is 0.497 e. The van der Waals surface area contributed by atoms with Crippen LogP contribution in [0, 0.1) is 0 Å². The standard InChI is InChI=1S/C19H21N5O4/c1-27-14-8-6-13(7-9-14)18-21-17(28-24-18)5-3-2-4-12-20-19(26)15-10-11-16(25)23-22-15/h6-11H,2-5,12H2,1H3,(H,20,26)(H,23,25). The fraction of sp³-hybridized carbons (Fsp3) is 0.316. The van der Waals surface area contributed by atoms with E-state index in [4.69, 9.17) is 9.26 Å². The number of aromatic amines is 1. The number of unbranched alkanes of at least 4 members (excludes halogenated alkanes) is 2. The number of benzene rings is 1. The van der Waals surface area contributed by atoms with E-state index in [9.17, 15) is 9.59 Å². The third-order valence-corrected chi connectivity index (χ3v) is 4.08. The van der Waals surface area contributed by atoms with Crippen molar-refractivity contribution in [3.63, 3.8) is 0 Å². The van der Waals surface area contributed by atoms with E-state index in [1.807, 2.05) is 24.3 Å². The quantitative estimate of drug-likeness (QED) is 0.542. The summed E-state index contributed by atoms with van der Waals surface area (Å²) in [4.78, 5) is 27.2. The molecule has 0 aliphatic carbocycles. The predicted molar refractivity (Wildman–Crippen MR) is 101 cm³/mol. The Morgan fingerprint density at radius 3 is 2.68 bits per heavy atom. The average molecular weight is 383 g/mol. The van der Waals surface area contributed by atoms with Gasteiger partial charge in [-0.1, -0.05) is 11.6 Å². The molecule has 0 unspecified atom stereocenters. The van der Waals surface area contributed by atoms with Gasteiger partial charge in [-0.25, -0.2) is 5.10 Å². The number of nitrogens with one attached hydrogen (secondary N) is 2. The summed E-state index contributed by atoms with van der Waals surface area (Å²) in [5.41, 5.74) is 0.721. The van der Waals surface area contributed by atoms with Crippen LogP contribution in [0.5, 0.6) is 5.75 Å². The van der Waals surface area contributed by atoms with Crippen molar-refractivity contribution in [2.75, 3.05) is 13.7 Å². The van der Waals surface area contributed by atoms with Crippen LogP contribution in [0.25, 0.3) is 11.4 Å². The fourth-order valence-electron chi connectivity index (χ4n) is 2.56. The van der Waals surface area contributed by atoms with E-state index >= 15 is 0 Å². The minimum absolute atomic E-state index is 0.191. The van der Waals surface area contributed by atoms with Crippen molar-refractivity contribution in [1.82, 2.24) is 25.7 Å². The van der Waals surface area contributed by atoms with E-state index in [0.29, 0.717) is 24.7 Å². The van der Waals surface area contributed by atoms with Crippen molar-refractivity contribution in [3.05, 3.63) is 58.3 Å². The Kier molecular flexibility index (Phi) is 6.50. The summed E-state index contributed by atoms with van der Waals surface area (Å²) in [7, 11) is 1.62. The topological polar surface area (TPSA) is 123 Å². The Labute approximate surface area is 161 Å². The first-order chi connectivity index (χ1) is 13.7. The second kappa shape index (κ2) is 9.45. The highest BCUT2D eigenvalue weighted by molar-refractivity contribution is 5.91. The smallest absolute Gasteiger partial charge is 0.271 e. The summed E-state index contributed by atoms with van der Waals surface area (Å²) in [6.45, 7) is 0.528. The number of rotatable bonds is 9. The monoisotopic (exact) mass is 383 g/mol. The number of hydrogen-bond donors (Lipinski definition) is 2. The number of ether oxygens (including phenoxy) is 1. The van der Waals surface area contributed by atoms with Crippen LogP contribution >= 0.6 is 0 Å². The van der Waals surface area contributed by atoms with Gasteiger partial charge in [0.2, 0.25) is 11.7 Å². The maximum absolute atomic E-state index is 11.9. The van der Waals surface area contributed by atoms with Gasteiger partial charge in [-0.2, -0.15) is 10.1 Å². The minimum Gasteiger partial charge on any atom is -0.497 e. The molecule has 146 valence electrons. The van der Waals surface area contributed by atoms with E-state index in [1.54, 1.807) is 7.11 Å². The van der Waals surface area contributed by atoms with Crippen LogP contribution in [-0.2, 0) is 6.42 Å². The van der Waals surface area contributed by atoms with Gasteiger partial charge in [0, 0.05) is 24.6 Å². The lowest BCUT2D eigenvalue weighted by Crippen LogP contribution is -2.26. The minimum atomic E-state index is -0.340. The molecule has 0 radical (unpaired) electrons. The molecule has 9 nitrogen and oxygen atoms in total. The molecular weight excluding hydrogens is 362 g/mol. The predicted octanol–water partition coefficient (Wildman–Crippen LogP) is 1.97. The van der Waals surface area contributed by atoms with Crippen LogP contribution in [0.2, 0.25) is 0 Å².